The van der Waals surface area contributed by atoms with Crippen LogP contribution in [0.15, 0.2) is 0 Å². The fourth-order valence-electron chi connectivity index (χ4n) is 4.69. The number of hydrogen-bond donors (Lipinski definition) is 2. The summed E-state index contributed by atoms with van der Waals surface area (Å²) in [5.41, 5.74) is 0. The number of carbonyl (C=O) groups is 1. The van der Waals surface area contributed by atoms with Crippen molar-refractivity contribution in [3.63, 3.8) is 0 Å². The first-order chi connectivity index (χ1) is 9.22. The summed E-state index contributed by atoms with van der Waals surface area (Å²) >= 11 is 0. The van der Waals surface area contributed by atoms with E-state index in [9.17, 15) is 4.79 Å². The van der Waals surface area contributed by atoms with E-state index in [0.29, 0.717) is 12.1 Å². The minimum atomic E-state index is 0.0715. The van der Waals surface area contributed by atoms with E-state index in [0.717, 1.165) is 30.6 Å². The highest BCUT2D eigenvalue weighted by Crippen LogP contribution is 2.49. The lowest BCUT2D eigenvalue weighted by atomic mass is 9.84. The molecule has 2 N–H and O–H groups in total. The average molecular weight is 264 g/mol. The third kappa shape index (κ3) is 3.06. The minimum Gasteiger partial charge on any atom is -0.335 e. The van der Waals surface area contributed by atoms with Gasteiger partial charge < -0.3 is 10.6 Å². The molecule has 108 valence electrons. The second kappa shape index (κ2) is 5.72. The summed E-state index contributed by atoms with van der Waals surface area (Å²) in [4.78, 5) is 12.1. The summed E-state index contributed by atoms with van der Waals surface area (Å²) in [5, 5.41) is 6.37. The van der Waals surface area contributed by atoms with Crippen LogP contribution in [0.5, 0.6) is 0 Å². The fourth-order valence-corrected chi connectivity index (χ4v) is 4.69. The van der Waals surface area contributed by atoms with E-state index >= 15 is 0 Å². The van der Waals surface area contributed by atoms with Crippen molar-refractivity contribution in [1.29, 1.82) is 0 Å². The second-order valence-corrected chi connectivity index (χ2v) is 7.08. The molecular weight excluding hydrogens is 236 g/mol. The lowest BCUT2D eigenvalue weighted by molar-refractivity contribution is 0.213. The van der Waals surface area contributed by atoms with Crippen molar-refractivity contribution in [3.05, 3.63) is 0 Å². The summed E-state index contributed by atoms with van der Waals surface area (Å²) < 4.78 is 0. The van der Waals surface area contributed by atoms with Crippen LogP contribution in [-0.2, 0) is 0 Å². The van der Waals surface area contributed by atoms with E-state index < -0.39 is 0 Å². The largest absolute Gasteiger partial charge is 0.335 e. The van der Waals surface area contributed by atoms with Crippen LogP contribution in [-0.4, -0.2) is 18.1 Å². The van der Waals surface area contributed by atoms with Crippen molar-refractivity contribution in [2.45, 2.75) is 76.8 Å². The van der Waals surface area contributed by atoms with Gasteiger partial charge in [-0.3, -0.25) is 0 Å². The Bertz CT molecular complexity index is 325. The van der Waals surface area contributed by atoms with Gasteiger partial charge in [-0.2, -0.15) is 0 Å². The number of rotatable bonds is 3. The van der Waals surface area contributed by atoms with Gasteiger partial charge in [0.25, 0.3) is 0 Å². The number of amides is 2. The first-order valence-corrected chi connectivity index (χ1v) is 8.29. The molecule has 4 atom stereocenters. The summed E-state index contributed by atoms with van der Waals surface area (Å²) in [6, 6.07) is 0.835. The lowest BCUT2D eigenvalue weighted by Crippen LogP contribution is -2.48. The summed E-state index contributed by atoms with van der Waals surface area (Å²) in [6.45, 7) is 2.20. The topological polar surface area (TPSA) is 41.1 Å². The Labute approximate surface area is 116 Å². The van der Waals surface area contributed by atoms with E-state index in [1.54, 1.807) is 0 Å². The van der Waals surface area contributed by atoms with Crippen LogP contribution in [0.1, 0.15) is 64.7 Å². The Morgan fingerprint density at radius 3 is 2.47 bits per heavy atom. The van der Waals surface area contributed by atoms with Gasteiger partial charge in [0.05, 0.1) is 0 Å². The molecule has 3 aliphatic rings. The van der Waals surface area contributed by atoms with Crippen LogP contribution in [0, 0.1) is 17.8 Å². The maximum Gasteiger partial charge on any atom is 0.315 e. The van der Waals surface area contributed by atoms with Gasteiger partial charge in [-0.1, -0.05) is 25.7 Å². The molecule has 4 unspecified atom stereocenters. The number of fused-ring (bicyclic) bond motifs is 2. The van der Waals surface area contributed by atoms with Gasteiger partial charge in [0.15, 0.2) is 0 Å². The van der Waals surface area contributed by atoms with E-state index in [-0.39, 0.29) is 6.03 Å². The molecule has 3 fully saturated rings. The van der Waals surface area contributed by atoms with Crippen LogP contribution in [0.25, 0.3) is 0 Å². The highest BCUT2D eigenvalue weighted by atomic mass is 16.2. The summed E-state index contributed by atoms with van der Waals surface area (Å²) in [7, 11) is 0. The maximum absolute atomic E-state index is 12.1. The quantitative estimate of drug-likeness (QED) is 0.805. The van der Waals surface area contributed by atoms with Crippen LogP contribution in [0.4, 0.5) is 4.79 Å². The molecule has 0 aromatic carbocycles. The molecule has 3 heteroatoms. The summed E-state index contributed by atoms with van der Waals surface area (Å²) in [6.07, 6.45) is 11.8. The van der Waals surface area contributed by atoms with Crippen LogP contribution < -0.4 is 10.6 Å². The molecule has 3 saturated carbocycles. The number of hydrogen-bond acceptors (Lipinski definition) is 1. The van der Waals surface area contributed by atoms with Gasteiger partial charge in [0, 0.05) is 12.1 Å². The van der Waals surface area contributed by atoms with Crippen LogP contribution in [0.3, 0.4) is 0 Å². The molecule has 2 bridgehead atoms. The van der Waals surface area contributed by atoms with E-state index in [1.807, 2.05) is 0 Å². The molecule has 3 rings (SSSR count). The predicted octanol–water partition coefficient (Wildman–Crippen LogP) is 3.44. The fraction of sp³-hybridized carbons (Fsp3) is 0.938. The molecule has 0 aromatic rings. The van der Waals surface area contributed by atoms with Crippen molar-refractivity contribution in [2.24, 2.45) is 17.8 Å². The van der Waals surface area contributed by atoms with Gasteiger partial charge in [-0.15, -0.1) is 0 Å². The van der Waals surface area contributed by atoms with Gasteiger partial charge in [-0.25, -0.2) is 4.79 Å². The van der Waals surface area contributed by atoms with Crippen molar-refractivity contribution >= 4 is 6.03 Å². The minimum absolute atomic E-state index is 0.0715. The highest BCUT2D eigenvalue weighted by Gasteiger charge is 2.42. The molecular formula is C16H28N2O. The maximum atomic E-state index is 12.1. The second-order valence-electron chi connectivity index (χ2n) is 7.08. The van der Waals surface area contributed by atoms with Gasteiger partial charge >= 0.3 is 6.03 Å². The highest BCUT2D eigenvalue weighted by molar-refractivity contribution is 5.74. The molecule has 0 radical (unpaired) electrons. The molecule has 19 heavy (non-hydrogen) atoms. The molecule has 0 saturated heterocycles. The Morgan fingerprint density at radius 1 is 1.05 bits per heavy atom. The zero-order chi connectivity index (χ0) is 13.2. The molecule has 3 nitrogen and oxygen atoms in total. The predicted molar refractivity (Wildman–Crippen MR) is 76.9 cm³/mol. The van der Waals surface area contributed by atoms with E-state index in [4.69, 9.17) is 0 Å². The SMILES string of the molecule is CC(NC(=O)NC1CCCCC1)C1CC2CCC1C2. The molecule has 0 aliphatic heterocycles. The smallest absolute Gasteiger partial charge is 0.315 e. The average Bonchev–Trinajstić information content (AvgIpc) is 3.02. The number of carbonyl (C=O) groups excluding carboxylic acids is 1. The van der Waals surface area contributed by atoms with Gasteiger partial charge in [0.1, 0.15) is 0 Å². The van der Waals surface area contributed by atoms with Crippen LogP contribution in [0.2, 0.25) is 0 Å². The van der Waals surface area contributed by atoms with Gasteiger partial charge in [0.2, 0.25) is 0 Å². The summed E-state index contributed by atoms with van der Waals surface area (Å²) in [5.74, 6) is 2.58. The first-order valence-electron chi connectivity index (χ1n) is 8.29. The molecule has 0 heterocycles. The van der Waals surface area contributed by atoms with Gasteiger partial charge in [-0.05, 0) is 56.8 Å². The standard InChI is InChI=1S/C16H28N2O/c1-11(15-10-12-7-8-13(15)9-12)17-16(19)18-14-5-3-2-4-6-14/h11-15H,2-10H2,1H3,(H2,17,18,19). The third-order valence-electron chi connectivity index (χ3n) is 5.73. The Balaban J connectivity index is 1.43. The Hall–Kier alpha value is -0.730. The first kappa shape index (κ1) is 13.3. The Morgan fingerprint density at radius 2 is 1.84 bits per heavy atom. The zero-order valence-electron chi connectivity index (χ0n) is 12.2. The zero-order valence-corrected chi connectivity index (χ0v) is 12.2. The van der Waals surface area contributed by atoms with Crippen molar-refractivity contribution < 1.29 is 4.79 Å². The van der Waals surface area contributed by atoms with E-state index in [2.05, 4.69) is 17.6 Å². The van der Waals surface area contributed by atoms with Crippen molar-refractivity contribution in [3.8, 4) is 0 Å². The van der Waals surface area contributed by atoms with Crippen molar-refractivity contribution in [1.82, 2.24) is 10.6 Å². The molecule has 0 spiro atoms. The van der Waals surface area contributed by atoms with Crippen LogP contribution >= 0.6 is 0 Å². The third-order valence-corrected chi connectivity index (χ3v) is 5.73. The lowest BCUT2D eigenvalue weighted by Gasteiger charge is -2.30. The van der Waals surface area contributed by atoms with E-state index in [1.165, 1.54) is 44.9 Å². The van der Waals surface area contributed by atoms with Crippen molar-refractivity contribution in [2.75, 3.05) is 0 Å². The number of urea groups is 1. The number of nitrogens with one attached hydrogen (secondary N) is 2. The molecule has 0 aromatic heterocycles. The molecule has 3 aliphatic carbocycles. The Kier molecular flexibility index (Phi) is 3.99. The monoisotopic (exact) mass is 264 g/mol. The molecule has 2 amide bonds. The normalized spacial score (nSPS) is 36.2.